The Kier molecular flexibility index (Phi) is 9.86. The average molecular weight is 488 g/mol. The average Bonchev–Trinajstić information content (AvgIpc) is 2.87. The van der Waals surface area contributed by atoms with Gasteiger partial charge < -0.3 is 15.2 Å². The van der Waals surface area contributed by atoms with E-state index in [1.54, 1.807) is 0 Å². The van der Waals surface area contributed by atoms with Crippen LogP contribution < -0.4 is 10.6 Å². The minimum Gasteiger partial charge on any atom is -0.357 e. The lowest BCUT2D eigenvalue weighted by atomic mass is 9.87. The van der Waals surface area contributed by atoms with Gasteiger partial charge in [-0.05, 0) is 57.8 Å². The molecular formula is C20H37IN6. The number of nitrogens with one attached hydrogen (secondary N) is 2. The van der Waals surface area contributed by atoms with E-state index in [-0.39, 0.29) is 24.0 Å². The van der Waals surface area contributed by atoms with Crippen molar-refractivity contribution >= 4 is 29.9 Å². The second-order valence-corrected chi connectivity index (χ2v) is 7.96. The Morgan fingerprint density at radius 2 is 1.96 bits per heavy atom. The fourth-order valence-electron chi connectivity index (χ4n) is 4.08. The van der Waals surface area contributed by atoms with Gasteiger partial charge in [0, 0.05) is 38.5 Å². The van der Waals surface area contributed by atoms with E-state index in [1.165, 1.54) is 50.8 Å². The van der Waals surface area contributed by atoms with Crippen LogP contribution in [0.2, 0.25) is 0 Å². The molecule has 27 heavy (non-hydrogen) atoms. The monoisotopic (exact) mass is 488 g/mol. The third-order valence-corrected chi connectivity index (χ3v) is 5.72. The van der Waals surface area contributed by atoms with E-state index in [1.807, 2.05) is 0 Å². The topological polar surface area (TPSA) is 67.1 Å². The van der Waals surface area contributed by atoms with E-state index in [4.69, 9.17) is 4.99 Å². The Balaban J connectivity index is 0.00000261. The molecule has 2 aliphatic rings. The predicted molar refractivity (Wildman–Crippen MR) is 122 cm³/mol. The van der Waals surface area contributed by atoms with Crippen LogP contribution in [0.4, 0.5) is 0 Å². The first-order valence-corrected chi connectivity index (χ1v) is 10.7. The van der Waals surface area contributed by atoms with Gasteiger partial charge in [0.25, 0.3) is 0 Å². The maximum Gasteiger partial charge on any atom is 0.191 e. The Labute approximate surface area is 181 Å². The molecule has 0 saturated heterocycles. The SMILES string of the molecule is CCNC(=NCCCc1nnc2n1CCCCC2)NC1CCC(C)CC1.I. The predicted octanol–water partition coefficient (Wildman–Crippen LogP) is 3.69. The van der Waals surface area contributed by atoms with Crippen molar-refractivity contribution in [2.75, 3.05) is 13.1 Å². The number of rotatable bonds is 6. The van der Waals surface area contributed by atoms with Crippen LogP contribution in [-0.4, -0.2) is 39.9 Å². The molecule has 154 valence electrons. The number of fused-ring (bicyclic) bond motifs is 1. The summed E-state index contributed by atoms with van der Waals surface area (Å²) in [5.41, 5.74) is 0. The summed E-state index contributed by atoms with van der Waals surface area (Å²) in [6.45, 7) is 7.32. The van der Waals surface area contributed by atoms with E-state index >= 15 is 0 Å². The Morgan fingerprint density at radius 3 is 2.74 bits per heavy atom. The zero-order valence-electron chi connectivity index (χ0n) is 17.0. The molecule has 0 atom stereocenters. The smallest absolute Gasteiger partial charge is 0.191 e. The number of halogens is 1. The number of nitrogens with zero attached hydrogens (tertiary/aromatic N) is 4. The molecule has 7 heteroatoms. The van der Waals surface area contributed by atoms with Crippen LogP contribution in [-0.2, 0) is 19.4 Å². The molecule has 3 rings (SSSR count). The van der Waals surface area contributed by atoms with Gasteiger partial charge in [-0.1, -0.05) is 13.3 Å². The summed E-state index contributed by atoms with van der Waals surface area (Å²) in [7, 11) is 0. The number of aliphatic imine (C=N–C) groups is 1. The van der Waals surface area contributed by atoms with Crippen LogP contribution in [0.3, 0.4) is 0 Å². The van der Waals surface area contributed by atoms with Gasteiger partial charge in [0.1, 0.15) is 11.6 Å². The first kappa shape index (κ1) is 22.4. The van der Waals surface area contributed by atoms with Crippen LogP contribution in [0.15, 0.2) is 4.99 Å². The standard InChI is InChI=1S/C20H36N6.HI/c1-3-21-20(23-17-12-10-16(2)11-13-17)22-14-7-9-19-25-24-18-8-5-4-6-15-26(18)19;/h16-17H,3-15H2,1-2H3,(H2,21,22,23);1H. The molecule has 0 aromatic carbocycles. The van der Waals surface area contributed by atoms with E-state index in [2.05, 4.69) is 39.2 Å². The summed E-state index contributed by atoms with van der Waals surface area (Å²) in [6.07, 6.45) is 12.1. The van der Waals surface area contributed by atoms with Crippen molar-refractivity contribution < 1.29 is 0 Å². The minimum atomic E-state index is 0. The zero-order chi connectivity index (χ0) is 18.2. The van der Waals surface area contributed by atoms with E-state index in [9.17, 15) is 0 Å². The molecule has 1 fully saturated rings. The Bertz CT molecular complexity index is 577. The van der Waals surface area contributed by atoms with Crippen molar-refractivity contribution in [2.24, 2.45) is 10.9 Å². The molecular weight excluding hydrogens is 451 g/mol. The van der Waals surface area contributed by atoms with Gasteiger partial charge in [-0.25, -0.2) is 0 Å². The highest BCUT2D eigenvalue weighted by Gasteiger charge is 2.19. The van der Waals surface area contributed by atoms with E-state index in [0.29, 0.717) is 6.04 Å². The van der Waals surface area contributed by atoms with Crippen LogP contribution in [0, 0.1) is 5.92 Å². The number of hydrogen-bond donors (Lipinski definition) is 2. The lowest BCUT2D eigenvalue weighted by molar-refractivity contribution is 0.329. The second kappa shape index (κ2) is 11.9. The minimum absolute atomic E-state index is 0. The largest absolute Gasteiger partial charge is 0.357 e. The molecule has 0 amide bonds. The molecule has 0 spiro atoms. The summed E-state index contributed by atoms with van der Waals surface area (Å²) in [4.78, 5) is 4.79. The molecule has 1 aromatic heterocycles. The van der Waals surface area contributed by atoms with Crippen molar-refractivity contribution in [3.63, 3.8) is 0 Å². The van der Waals surface area contributed by atoms with Crippen molar-refractivity contribution in [1.82, 2.24) is 25.4 Å². The van der Waals surface area contributed by atoms with Gasteiger partial charge in [0.05, 0.1) is 0 Å². The fourth-order valence-corrected chi connectivity index (χ4v) is 4.08. The number of aryl methyl sites for hydroxylation is 2. The number of hydrogen-bond acceptors (Lipinski definition) is 3. The molecule has 0 unspecified atom stereocenters. The normalized spacial score (nSPS) is 23.1. The van der Waals surface area contributed by atoms with Crippen LogP contribution in [0.5, 0.6) is 0 Å². The van der Waals surface area contributed by atoms with E-state index in [0.717, 1.165) is 56.6 Å². The van der Waals surface area contributed by atoms with Gasteiger partial charge in [0.15, 0.2) is 5.96 Å². The van der Waals surface area contributed by atoms with Crippen molar-refractivity contribution in [3.05, 3.63) is 11.6 Å². The van der Waals surface area contributed by atoms with Gasteiger partial charge in [-0.2, -0.15) is 0 Å². The number of aromatic nitrogens is 3. The molecule has 1 aromatic rings. The zero-order valence-corrected chi connectivity index (χ0v) is 19.4. The lowest BCUT2D eigenvalue weighted by Gasteiger charge is -2.28. The highest BCUT2D eigenvalue weighted by atomic mass is 127. The first-order valence-electron chi connectivity index (χ1n) is 10.7. The van der Waals surface area contributed by atoms with Gasteiger partial charge >= 0.3 is 0 Å². The quantitative estimate of drug-likeness (QED) is 0.278. The van der Waals surface area contributed by atoms with Gasteiger partial charge in [-0.3, -0.25) is 4.99 Å². The first-order chi connectivity index (χ1) is 12.8. The maximum absolute atomic E-state index is 4.79. The molecule has 2 N–H and O–H groups in total. The lowest BCUT2D eigenvalue weighted by Crippen LogP contribution is -2.44. The van der Waals surface area contributed by atoms with Gasteiger partial charge in [-0.15, -0.1) is 34.2 Å². The second-order valence-electron chi connectivity index (χ2n) is 7.96. The van der Waals surface area contributed by atoms with Crippen LogP contribution >= 0.6 is 24.0 Å². The van der Waals surface area contributed by atoms with E-state index < -0.39 is 0 Å². The number of guanidine groups is 1. The third kappa shape index (κ3) is 6.91. The van der Waals surface area contributed by atoms with Crippen molar-refractivity contribution in [3.8, 4) is 0 Å². The molecule has 1 aliphatic heterocycles. The Morgan fingerprint density at radius 1 is 1.15 bits per heavy atom. The summed E-state index contributed by atoms with van der Waals surface area (Å²) >= 11 is 0. The molecule has 0 radical (unpaired) electrons. The van der Waals surface area contributed by atoms with Crippen molar-refractivity contribution in [1.29, 1.82) is 0 Å². The third-order valence-electron chi connectivity index (χ3n) is 5.72. The highest BCUT2D eigenvalue weighted by molar-refractivity contribution is 14.0. The Hall–Kier alpha value is -0.860. The summed E-state index contributed by atoms with van der Waals surface area (Å²) in [5, 5.41) is 15.9. The van der Waals surface area contributed by atoms with Gasteiger partial charge in [0.2, 0.25) is 0 Å². The maximum atomic E-state index is 4.79. The highest BCUT2D eigenvalue weighted by Crippen LogP contribution is 2.23. The summed E-state index contributed by atoms with van der Waals surface area (Å²) < 4.78 is 2.35. The molecule has 2 heterocycles. The molecule has 1 aliphatic carbocycles. The fraction of sp³-hybridized carbons (Fsp3) is 0.850. The molecule has 6 nitrogen and oxygen atoms in total. The summed E-state index contributed by atoms with van der Waals surface area (Å²) in [5.74, 6) is 4.19. The summed E-state index contributed by atoms with van der Waals surface area (Å²) in [6, 6.07) is 0.580. The van der Waals surface area contributed by atoms with Crippen LogP contribution in [0.25, 0.3) is 0 Å². The molecule has 1 saturated carbocycles. The van der Waals surface area contributed by atoms with Crippen molar-refractivity contribution in [2.45, 2.75) is 90.6 Å². The van der Waals surface area contributed by atoms with Crippen LogP contribution in [0.1, 0.15) is 76.9 Å². The molecule has 0 bridgehead atoms.